The van der Waals surface area contributed by atoms with Crippen LogP contribution in [-0.4, -0.2) is 38.6 Å². The van der Waals surface area contributed by atoms with Gasteiger partial charge in [0, 0.05) is 13.1 Å². The van der Waals surface area contributed by atoms with Crippen molar-refractivity contribution in [2.75, 3.05) is 25.9 Å². The molecule has 0 bridgehead atoms. The monoisotopic (exact) mass is 348 g/mol. The molecule has 0 unspecified atom stereocenters. The average molecular weight is 349 g/mol. The van der Waals surface area contributed by atoms with Crippen LogP contribution in [0, 0.1) is 5.92 Å². The summed E-state index contributed by atoms with van der Waals surface area (Å²) in [6, 6.07) is 6.40. The van der Waals surface area contributed by atoms with Crippen LogP contribution in [0.3, 0.4) is 0 Å². The van der Waals surface area contributed by atoms with Crippen molar-refractivity contribution >= 4 is 16.1 Å². The highest BCUT2D eigenvalue weighted by atomic mass is 32.2. The summed E-state index contributed by atoms with van der Waals surface area (Å²) in [5.74, 6) is 0.876. The van der Waals surface area contributed by atoms with Crippen molar-refractivity contribution in [1.82, 2.24) is 9.62 Å². The molecule has 0 radical (unpaired) electrons. The molecule has 0 spiro atoms. The van der Waals surface area contributed by atoms with Crippen molar-refractivity contribution in [2.45, 2.75) is 38.6 Å². The molecule has 1 aromatic carbocycles. The molecule has 2 aliphatic rings. The Balaban J connectivity index is 1.55. The van der Waals surface area contributed by atoms with Crippen LogP contribution >= 0.6 is 0 Å². The standard InChI is InChI=1S/C19H28N2O2S/c1-24(22,23)21-13-10-18-14-17(6-7-19(18)15-21)5-3-2-4-16-8-11-20-12-9-16/h3,5-7,14,16,20H,2,4,8-13,15H2,1H3/b5-3+. The van der Waals surface area contributed by atoms with E-state index in [0.717, 1.165) is 24.3 Å². The van der Waals surface area contributed by atoms with E-state index >= 15 is 0 Å². The Hall–Kier alpha value is -1.17. The van der Waals surface area contributed by atoms with E-state index in [1.807, 2.05) is 0 Å². The Morgan fingerprint density at radius 3 is 2.79 bits per heavy atom. The van der Waals surface area contributed by atoms with Crippen LogP contribution in [0.15, 0.2) is 24.3 Å². The highest BCUT2D eigenvalue weighted by molar-refractivity contribution is 7.88. The van der Waals surface area contributed by atoms with E-state index < -0.39 is 10.0 Å². The molecule has 2 aliphatic heterocycles. The van der Waals surface area contributed by atoms with Gasteiger partial charge in [-0.25, -0.2) is 8.42 Å². The van der Waals surface area contributed by atoms with Crippen molar-refractivity contribution in [2.24, 2.45) is 5.92 Å². The number of hydrogen-bond acceptors (Lipinski definition) is 3. The Kier molecular flexibility index (Phi) is 5.74. The smallest absolute Gasteiger partial charge is 0.211 e. The summed E-state index contributed by atoms with van der Waals surface area (Å²) in [4.78, 5) is 0. The fourth-order valence-electron chi connectivity index (χ4n) is 3.66. The third-order valence-corrected chi connectivity index (χ3v) is 6.44. The van der Waals surface area contributed by atoms with Crippen LogP contribution in [0.2, 0.25) is 0 Å². The first-order valence-electron chi connectivity index (χ1n) is 8.96. The summed E-state index contributed by atoms with van der Waals surface area (Å²) in [6.07, 6.45) is 11.6. The van der Waals surface area contributed by atoms with E-state index in [-0.39, 0.29) is 0 Å². The number of fused-ring (bicyclic) bond motifs is 1. The van der Waals surface area contributed by atoms with Crippen molar-refractivity contribution < 1.29 is 8.42 Å². The second-order valence-electron chi connectivity index (χ2n) is 7.05. The maximum atomic E-state index is 11.7. The summed E-state index contributed by atoms with van der Waals surface area (Å²) in [6.45, 7) is 3.44. The van der Waals surface area contributed by atoms with Gasteiger partial charge in [-0.15, -0.1) is 0 Å². The highest BCUT2D eigenvalue weighted by Crippen LogP contribution is 2.23. The van der Waals surface area contributed by atoms with Gasteiger partial charge in [0.15, 0.2) is 0 Å². The van der Waals surface area contributed by atoms with Gasteiger partial charge in [0.25, 0.3) is 0 Å². The van der Waals surface area contributed by atoms with Crippen molar-refractivity contribution in [3.8, 4) is 0 Å². The number of allylic oxidation sites excluding steroid dienone is 1. The van der Waals surface area contributed by atoms with Gasteiger partial charge in [-0.3, -0.25) is 0 Å². The van der Waals surface area contributed by atoms with Crippen LogP contribution in [0.4, 0.5) is 0 Å². The second-order valence-corrected chi connectivity index (χ2v) is 9.03. The zero-order valence-corrected chi connectivity index (χ0v) is 15.3. The zero-order valence-electron chi connectivity index (χ0n) is 14.5. The van der Waals surface area contributed by atoms with Gasteiger partial charge in [-0.1, -0.05) is 30.4 Å². The number of benzene rings is 1. The fourth-order valence-corrected chi connectivity index (χ4v) is 4.45. The number of nitrogens with zero attached hydrogens (tertiary/aromatic N) is 1. The highest BCUT2D eigenvalue weighted by Gasteiger charge is 2.22. The maximum absolute atomic E-state index is 11.7. The SMILES string of the molecule is CS(=O)(=O)N1CCc2cc(/C=C/CCC3CCNCC3)ccc2C1. The molecule has 0 atom stereocenters. The largest absolute Gasteiger partial charge is 0.317 e. The minimum atomic E-state index is -3.09. The van der Waals surface area contributed by atoms with Crippen molar-refractivity contribution in [3.63, 3.8) is 0 Å². The number of sulfonamides is 1. The molecule has 24 heavy (non-hydrogen) atoms. The topological polar surface area (TPSA) is 49.4 Å². The maximum Gasteiger partial charge on any atom is 0.211 e. The lowest BCUT2D eigenvalue weighted by Crippen LogP contribution is -2.35. The molecule has 0 amide bonds. The van der Waals surface area contributed by atoms with Gasteiger partial charge in [0.2, 0.25) is 10.0 Å². The molecule has 0 saturated carbocycles. The van der Waals surface area contributed by atoms with Gasteiger partial charge < -0.3 is 5.32 Å². The van der Waals surface area contributed by atoms with Crippen LogP contribution < -0.4 is 5.32 Å². The molecule has 5 heteroatoms. The van der Waals surface area contributed by atoms with Gasteiger partial charge in [0.05, 0.1) is 6.26 Å². The predicted molar refractivity (Wildman–Crippen MR) is 99.3 cm³/mol. The lowest BCUT2D eigenvalue weighted by Gasteiger charge is -2.26. The summed E-state index contributed by atoms with van der Waals surface area (Å²) < 4.78 is 24.9. The van der Waals surface area contributed by atoms with E-state index in [4.69, 9.17) is 0 Å². The minimum Gasteiger partial charge on any atom is -0.317 e. The van der Waals surface area contributed by atoms with Gasteiger partial charge in [-0.05, 0) is 67.8 Å². The number of rotatable bonds is 5. The number of nitrogens with one attached hydrogen (secondary N) is 1. The molecule has 1 fully saturated rings. The van der Waals surface area contributed by atoms with Crippen LogP contribution in [0.5, 0.6) is 0 Å². The third-order valence-electron chi connectivity index (χ3n) is 5.19. The lowest BCUT2D eigenvalue weighted by molar-refractivity contribution is 0.356. The fraction of sp³-hybridized carbons (Fsp3) is 0.579. The van der Waals surface area contributed by atoms with Crippen LogP contribution in [0.1, 0.15) is 42.4 Å². The lowest BCUT2D eigenvalue weighted by atomic mass is 9.93. The Labute approximate surface area is 146 Å². The molecule has 1 aromatic rings. The summed E-state index contributed by atoms with van der Waals surface area (Å²) in [7, 11) is -3.09. The molecule has 1 N–H and O–H groups in total. The molecule has 132 valence electrons. The molecule has 2 heterocycles. The van der Waals surface area contributed by atoms with E-state index in [0.29, 0.717) is 13.1 Å². The summed E-state index contributed by atoms with van der Waals surface area (Å²) in [5.41, 5.74) is 3.65. The van der Waals surface area contributed by atoms with E-state index in [9.17, 15) is 8.42 Å². The molecular formula is C19H28N2O2S. The quantitative estimate of drug-likeness (QED) is 0.890. The molecule has 0 aromatic heterocycles. The molecule has 3 rings (SSSR count). The summed E-state index contributed by atoms with van der Waals surface area (Å²) >= 11 is 0. The second kappa shape index (κ2) is 7.81. The molecule has 4 nitrogen and oxygen atoms in total. The normalized spacial score (nSPS) is 20.4. The van der Waals surface area contributed by atoms with Gasteiger partial charge >= 0.3 is 0 Å². The van der Waals surface area contributed by atoms with E-state index in [1.54, 1.807) is 4.31 Å². The minimum absolute atomic E-state index is 0.508. The first kappa shape index (κ1) is 17.6. The first-order chi connectivity index (χ1) is 11.5. The zero-order chi connectivity index (χ0) is 17.0. The molecule has 0 aliphatic carbocycles. The molecule has 1 saturated heterocycles. The van der Waals surface area contributed by atoms with Crippen LogP contribution in [-0.2, 0) is 23.0 Å². The van der Waals surface area contributed by atoms with Crippen molar-refractivity contribution in [1.29, 1.82) is 0 Å². The average Bonchev–Trinajstić information content (AvgIpc) is 2.58. The third kappa shape index (κ3) is 4.68. The Morgan fingerprint density at radius 1 is 1.25 bits per heavy atom. The van der Waals surface area contributed by atoms with Crippen LogP contribution in [0.25, 0.3) is 6.08 Å². The summed E-state index contributed by atoms with van der Waals surface area (Å²) in [5, 5.41) is 3.41. The Bertz CT molecular complexity index is 691. The van der Waals surface area contributed by atoms with Crippen molar-refractivity contribution in [3.05, 3.63) is 41.0 Å². The van der Waals surface area contributed by atoms with Gasteiger partial charge in [0.1, 0.15) is 0 Å². The molecular weight excluding hydrogens is 320 g/mol. The Morgan fingerprint density at radius 2 is 2.04 bits per heavy atom. The van der Waals surface area contributed by atoms with E-state index in [2.05, 4.69) is 35.7 Å². The predicted octanol–water partition coefficient (Wildman–Crippen LogP) is 2.80. The number of hydrogen-bond donors (Lipinski definition) is 1. The van der Waals surface area contributed by atoms with Gasteiger partial charge in [-0.2, -0.15) is 4.31 Å². The number of piperidine rings is 1. The van der Waals surface area contributed by atoms with E-state index in [1.165, 1.54) is 49.7 Å². The first-order valence-corrected chi connectivity index (χ1v) is 10.8.